The van der Waals surface area contributed by atoms with Crippen LogP contribution < -0.4 is 10.2 Å². The smallest absolute Gasteiger partial charge is 0.410 e. The SMILES string of the molecule is CCC(C)n1ncc2nc(N3CCN(C(=O)OC(C)(C)C)CC3)nc(N[C@@H](c3cnc4ccccc4c3)C3CC3)c21. The Morgan fingerprint density at radius 1 is 1.07 bits per heavy atom. The molecule has 1 saturated heterocycles. The van der Waals surface area contributed by atoms with Gasteiger partial charge in [0.05, 0.1) is 17.8 Å². The number of benzene rings is 1. The number of para-hydroxylation sites is 1. The summed E-state index contributed by atoms with van der Waals surface area (Å²) in [6, 6.07) is 10.8. The molecular weight excluding hydrogens is 516 g/mol. The summed E-state index contributed by atoms with van der Waals surface area (Å²) in [5.41, 5.74) is 3.39. The lowest BCUT2D eigenvalue weighted by molar-refractivity contribution is 0.0240. The van der Waals surface area contributed by atoms with Crippen molar-refractivity contribution in [2.45, 2.75) is 71.6 Å². The monoisotopic (exact) mass is 556 g/mol. The van der Waals surface area contributed by atoms with Crippen LogP contribution >= 0.6 is 0 Å². The Kier molecular flexibility index (Phi) is 7.17. The van der Waals surface area contributed by atoms with Gasteiger partial charge in [-0.15, -0.1) is 0 Å². The fraction of sp³-hybridized carbons (Fsp3) is 0.516. The lowest BCUT2D eigenvalue weighted by Gasteiger charge is -2.35. The van der Waals surface area contributed by atoms with Crippen LogP contribution in [0.5, 0.6) is 0 Å². The van der Waals surface area contributed by atoms with Crippen molar-refractivity contribution < 1.29 is 9.53 Å². The molecule has 1 aliphatic carbocycles. The molecule has 1 saturated carbocycles. The molecule has 0 radical (unpaired) electrons. The van der Waals surface area contributed by atoms with Crippen LogP contribution in [0.4, 0.5) is 16.6 Å². The van der Waals surface area contributed by atoms with Crippen LogP contribution in [0.1, 0.15) is 71.5 Å². The number of nitrogens with zero attached hydrogens (tertiary/aromatic N) is 7. The van der Waals surface area contributed by atoms with Gasteiger partial charge in [0.25, 0.3) is 0 Å². The minimum absolute atomic E-state index is 0.0855. The molecule has 10 nitrogen and oxygen atoms in total. The zero-order chi connectivity index (χ0) is 28.7. The number of carbonyl (C=O) groups excluding carboxylic acids is 1. The van der Waals surface area contributed by atoms with E-state index in [2.05, 4.69) is 42.3 Å². The molecule has 2 fully saturated rings. The summed E-state index contributed by atoms with van der Waals surface area (Å²) in [5, 5.41) is 9.71. The Morgan fingerprint density at radius 2 is 1.83 bits per heavy atom. The number of hydrogen-bond donors (Lipinski definition) is 1. The van der Waals surface area contributed by atoms with Crippen LogP contribution in [0.15, 0.2) is 42.7 Å². The molecule has 216 valence electrons. The molecule has 0 spiro atoms. The van der Waals surface area contributed by atoms with Crippen LogP contribution in [0, 0.1) is 5.92 Å². The highest BCUT2D eigenvalue weighted by Crippen LogP contribution is 2.44. The molecule has 1 N–H and O–H groups in total. The van der Waals surface area contributed by atoms with E-state index in [1.54, 1.807) is 4.90 Å². The molecule has 1 amide bonds. The second-order valence-corrected chi connectivity index (χ2v) is 12.3. The lowest BCUT2D eigenvalue weighted by atomic mass is 10.0. The number of hydrogen-bond acceptors (Lipinski definition) is 8. The number of carbonyl (C=O) groups is 1. The molecule has 41 heavy (non-hydrogen) atoms. The standard InChI is InChI=1S/C31H40N8O2/c1-6-20(2)39-27-25(19-33-39)34-29(37-13-15-38(16-14-37)30(40)41-31(3,4)5)36-28(27)35-26(21-11-12-21)23-17-22-9-7-8-10-24(22)32-18-23/h7-10,17-21,26H,6,11-16H2,1-5H3,(H,34,35,36)/t20?,26-/m1/s1. The first-order valence-electron chi connectivity index (χ1n) is 14.8. The first-order valence-corrected chi connectivity index (χ1v) is 14.8. The Balaban J connectivity index is 1.32. The van der Waals surface area contributed by atoms with E-state index >= 15 is 0 Å². The number of amides is 1. The second kappa shape index (κ2) is 10.8. The summed E-state index contributed by atoms with van der Waals surface area (Å²) in [5.74, 6) is 1.96. The van der Waals surface area contributed by atoms with Crippen LogP contribution in [-0.4, -0.2) is 67.5 Å². The van der Waals surface area contributed by atoms with Crippen LogP contribution in [0.3, 0.4) is 0 Å². The number of piperazine rings is 1. The number of nitrogens with one attached hydrogen (secondary N) is 1. The highest BCUT2D eigenvalue weighted by Gasteiger charge is 2.34. The predicted octanol–water partition coefficient (Wildman–Crippen LogP) is 5.97. The van der Waals surface area contributed by atoms with Gasteiger partial charge in [-0.2, -0.15) is 10.1 Å². The Morgan fingerprint density at radius 3 is 2.54 bits per heavy atom. The second-order valence-electron chi connectivity index (χ2n) is 12.3. The average Bonchev–Trinajstić information content (AvgIpc) is 3.72. The third-order valence-corrected chi connectivity index (χ3v) is 8.01. The van der Waals surface area contributed by atoms with Gasteiger partial charge >= 0.3 is 6.09 Å². The highest BCUT2D eigenvalue weighted by atomic mass is 16.6. The Bertz CT molecular complexity index is 1550. The van der Waals surface area contributed by atoms with E-state index in [0.29, 0.717) is 38.0 Å². The Hall–Kier alpha value is -3.95. The van der Waals surface area contributed by atoms with Crippen molar-refractivity contribution in [2.24, 2.45) is 5.92 Å². The van der Waals surface area contributed by atoms with E-state index in [-0.39, 0.29) is 18.2 Å². The summed E-state index contributed by atoms with van der Waals surface area (Å²) in [6.45, 7) is 12.4. The van der Waals surface area contributed by atoms with Crippen molar-refractivity contribution in [3.05, 3.63) is 48.3 Å². The van der Waals surface area contributed by atoms with Crippen LogP contribution in [0.25, 0.3) is 21.9 Å². The molecule has 3 aromatic heterocycles. The number of aromatic nitrogens is 5. The largest absolute Gasteiger partial charge is 0.444 e. The third kappa shape index (κ3) is 5.78. The summed E-state index contributed by atoms with van der Waals surface area (Å²) in [4.78, 5) is 31.4. The fourth-order valence-corrected chi connectivity index (χ4v) is 5.42. The maximum atomic E-state index is 12.6. The van der Waals surface area contributed by atoms with Gasteiger partial charge < -0.3 is 19.9 Å². The van der Waals surface area contributed by atoms with Gasteiger partial charge in [-0.25, -0.2) is 9.78 Å². The quantitative estimate of drug-likeness (QED) is 0.297. The summed E-state index contributed by atoms with van der Waals surface area (Å²) >= 11 is 0. The van der Waals surface area contributed by atoms with Gasteiger partial charge in [0, 0.05) is 43.8 Å². The average molecular weight is 557 g/mol. The van der Waals surface area contributed by atoms with E-state index in [4.69, 9.17) is 24.8 Å². The van der Waals surface area contributed by atoms with Gasteiger partial charge in [-0.3, -0.25) is 9.67 Å². The fourth-order valence-electron chi connectivity index (χ4n) is 5.42. The van der Waals surface area contributed by atoms with Gasteiger partial charge in [0.2, 0.25) is 5.95 Å². The number of fused-ring (bicyclic) bond motifs is 2. The number of ether oxygens (including phenoxy) is 1. The van der Waals surface area contributed by atoms with Crippen LogP contribution in [0.2, 0.25) is 0 Å². The Labute approximate surface area is 241 Å². The summed E-state index contributed by atoms with van der Waals surface area (Å²) < 4.78 is 7.63. The van der Waals surface area contributed by atoms with Crippen molar-refractivity contribution in [3.63, 3.8) is 0 Å². The van der Waals surface area contributed by atoms with Crippen molar-refractivity contribution in [2.75, 3.05) is 36.4 Å². The van der Waals surface area contributed by atoms with Gasteiger partial charge in [0.15, 0.2) is 5.82 Å². The first kappa shape index (κ1) is 27.2. The topological polar surface area (TPSA) is 101 Å². The molecule has 0 bridgehead atoms. The van der Waals surface area contributed by atoms with Crippen molar-refractivity contribution in [3.8, 4) is 0 Å². The van der Waals surface area contributed by atoms with Gasteiger partial charge in [0.1, 0.15) is 16.6 Å². The number of anilines is 2. The molecule has 2 atom stereocenters. The molecule has 4 aromatic rings. The molecule has 1 aromatic carbocycles. The zero-order valence-electron chi connectivity index (χ0n) is 24.7. The molecule has 1 unspecified atom stereocenters. The summed E-state index contributed by atoms with van der Waals surface area (Å²) in [7, 11) is 0. The van der Waals surface area contributed by atoms with E-state index in [1.807, 2.05) is 50.0 Å². The maximum absolute atomic E-state index is 12.6. The molecule has 10 heteroatoms. The van der Waals surface area contributed by atoms with Crippen molar-refractivity contribution in [1.82, 2.24) is 29.6 Å². The molecule has 4 heterocycles. The molecule has 1 aliphatic heterocycles. The van der Waals surface area contributed by atoms with E-state index in [9.17, 15) is 4.79 Å². The minimum atomic E-state index is -0.516. The molecule has 6 rings (SSSR count). The van der Waals surface area contributed by atoms with E-state index in [1.165, 1.54) is 18.4 Å². The highest BCUT2D eigenvalue weighted by molar-refractivity contribution is 5.87. The molecular formula is C31H40N8O2. The first-order chi connectivity index (χ1) is 19.7. The van der Waals surface area contributed by atoms with Gasteiger partial charge in [-0.1, -0.05) is 25.1 Å². The number of rotatable bonds is 7. The maximum Gasteiger partial charge on any atom is 0.410 e. The zero-order valence-corrected chi connectivity index (χ0v) is 24.7. The predicted molar refractivity (Wildman–Crippen MR) is 161 cm³/mol. The van der Waals surface area contributed by atoms with E-state index in [0.717, 1.165) is 34.2 Å². The van der Waals surface area contributed by atoms with Gasteiger partial charge in [-0.05, 0) is 70.6 Å². The van der Waals surface area contributed by atoms with E-state index < -0.39 is 5.60 Å². The minimum Gasteiger partial charge on any atom is -0.444 e. The summed E-state index contributed by atoms with van der Waals surface area (Å²) in [6.07, 6.45) is 6.86. The van der Waals surface area contributed by atoms with Crippen molar-refractivity contribution >= 4 is 39.8 Å². The third-order valence-electron chi connectivity index (χ3n) is 8.01. The van der Waals surface area contributed by atoms with Crippen LogP contribution in [-0.2, 0) is 4.74 Å². The molecule has 2 aliphatic rings. The van der Waals surface area contributed by atoms with Crippen molar-refractivity contribution in [1.29, 1.82) is 0 Å². The number of pyridine rings is 1. The normalized spacial score (nSPS) is 17.6. The lowest BCUT2D eigenvalue weighted by Crippen LogP contribution is -2.50.